The summed E-state index contributed by atoms with van der Waals surface area (Å²) in [5.41, 5.74) is 2.25. The average molecular weight is 300 g/mol. The van der Waals surface area contributed by atoms with Gasteiger partial charge in [0.15, 0.2) is 5.13 Å². The second-order valence-corrected chi connectivity index (χ2v) is 6.87. The van der Waals surface area contributed by atoms with Crippen LogP contribution in [-0.2, 0) is 4.74 Å². The monoisotopic (exact) mass is 300 g/mol. The van der Waals surface area contributed by atoms with Gasteiger partial charge in [-0.3, -0.25) is 0 Å². The molecule has 0 bridgehead atoms. The summed E-state index contributed by atoms with van der Waals surface area (Å²) in [5.74, 6) is 0.825. The fraction of sp³-hybridized carbons (Fsp3) is 0.471. The molecule has 1 N–H and O–H groups in total. The minimum absolute atomic E-state index is 0.477. The third kappa shape index (κ3) is 3.11. The average Bonchev–Trinajstić information content (AvgIpc) is 3.29. The van der Waals surface area contributed by atoms with Gasteiger partial charge in [-0.25, -0.2) is 4.98 Å². The van der Waals surface area contributed by atoms with Crippen molar-refractivity contribution in [2.75, 3.05) is 11.9 Å². The van der Waals surface area contributed by atoms with E-state index in [1.54, 1.807) is 11.3 Å². The highest BCUT2D eigenvalue weighted by molar-refractivity contribution is 7.14. The van der Waals surface area contributed by atoms with Gasteiger partial charge >= 0.3 is 0 Å². The summed E-state index contributed by atoms with van der Waals surface area (Å²) >= 11 is 1.70. The van der Waals surface area contributed by atoms with Gasteiger partial charge in [0.1, 0.15) is 0 Å². The van der Waals surface area contributed by atoms with Crippen molar-refractivity contribution >= 4 is 16.5 Å². The van der Waals surface area contributed by atoms with Gasteiger partial charge in [-0.1, -0.05) is 30.3 Å². The van der Waals surface area contributed by atoms with Crippen LogP contribution in [0.4, 0.5) is 5.13 Å². The number of hydrogen-bond donors (Lipinski definition) is 1. The molecular formula is C17H20N2OS. The number of ether oxygens (including phenoxy) is 1. The molecule has 0 radical (unpaired) electrons. The van der Waals surface area contributed by atoms with E-state index in [0.29, 0.717) is 12.1 Å². The fourth-order valence-corrected chi connectivity index (χ4v) is 3.81. The number of benzene rings is 1. The smallest absolute Gasteiger partial charge is 0.183 e. The summed E-state index contributed by atoms with van der Waals surface area (Å²) < 4.78 is 5.89. The molecule has 110 valence electrons. The molecule has 1 aliphatic carbocycles. The quantitative estimate of drug-likeness (QED) is 0.919. The fourth-order valence-electron chi connectivity index (χ4n) is 3.01. The van der Waals surface area contributed by atoms with Crippen molar-refractivity contribution in [2.24, 2.45) is 5.92 Å². The standard InChI is InChI=1S/C17H20N2OS/c1-2-4-12(5-3-1)15-11-21-17(19-15)18-14-8-9-20-16(10-14)13-6-7-13/h1-5,11,13-14,16H,6-10H2,(H,18,19). The molecule has 4 rings (SSSR count). The molecular weight excluding hydrogens is 280 g/mol. The Balaban J connectivity index is 1.42. The first-order chi connectivity index (χ1) is 10.4. The Labute approximate surface area is 129 Å². The third-order valence-electron chi connectivity index (χ3n) is 4.36. The van der Waals surface area contributed by atoms with Crippen LogP contribution >= 0.6 is 11.3 Å². The van der Waals surface area contributed by atoms with E-state index < -0.39 is 0 Å². The van der Waals surface area contributed by atoms with Crippen molar-refractivity contribution in [1.82, 2.24) is 4.98 Å². The van der Waals surface area contributed by atoms with Gasteiger partial charge < -0.3 is 10.1 Å². The van der Waals surface area contributed by atoms with E-state index >= 15 is 0 Å². The highest BCUT2D eigenvalue weighted by Gasteiger charge is 2.35. The first kappa shape index (κ1) is 13.3. The van der Waals surface area contributed by atoms with Gasteiger partial charge in [0.05, 0.1) is 11.8 Å². The lowest BCUT2D eigenvalue weighted by molar-refractivity contribution is -0.00218. The third-order valence-corrected chi connectivity index (χ3v) is 5.14. The van der Waals surface area contributed by atoms with Crippen molar-refractivity contribution in [3.63, 3.8) is 0 Å². The van der Waals surface area contributed by atoms with Gasteiger partial charge in [-0.2, -0.15) is 0 Å². The summed E-state index contributed by atoms with van der Waals surface area (Å²) in [5, 5.41) is 6.78. The van der Waals surface area contributed by atoms with Gasteiger partial charge in [0, 0.05) is 23.6 Å². The largest absolute Gasteiger partial charge is 0.378 e. The Bertz CT molecular complexity index is 594. The highest BCUT2D eigenvalue weighted by atomic mass is 32.1. The van der Waals surface area contributed by atoms with Crippen LogP contribution in [0.1, 0.15) is 25.7 Å². The molecule has 1 aliphatic heterocycles. The Kier molecular flexibility index (Phi) is 3.65. The first-order valence-corrected chi connectivity index (χ1v) is 8.65. The molecule has 2 atom stereocenters. The van der Waals surface area contributed by atoms with Crippen molar-refractivity contribution in [3.05, 3.63) is 35.7 Å². The molecule has 0 spiro atoms. The number of hydrogen-bond acceptors (Lipinski definition) is 4. The van der Waals surface area contributed by atoms with Gasteiger partial charge in [-0.05, 0) is 31.6 Å². The number of nitrogens with zero attached hydrogens (tertiary/aromatic N) is 1. The van der Waals surface area contributed by atoms with E-state index in [9.17, 15) is 0 Å². The van der Waals surface area contributed by atoms with E-state index in [0.717, 1.165) is 36.2 Å². The van der Waals surface area contributed by atoms with Crippen LogP contribution in [0, 0.1) is 5.92 Å². The molecule has 4 heteroatoms. The lowest BCUT2D eigenvalue weighted by atomic mass is 10.0. The second-order valence-electron chi connectivity index (χ2n) is 6.02. The number of anilines is 1. The number of rotatable bonds is 4. The topological polar surface area (TPSA) is 34.1 Å². The minimum atomic E-state index is 0.477. The summed E-state index contributed by atoms with van der Waals surface area (Å²) in [6.45, 7) is 0.885. The van der Waals surface area contributed by atoms with E-state index in [1.807, 2.05) is 6.07 Å². The van der Waals surface area contributed by atoms with Gasteiger partial charge in [-0.15, -0.1) is 11.3 Å². The Morgan fingerprint density at radius 1 is 1.14 bits per heavy atom. The highest BCUT2D eigenvalue weighted by Crippen LogP contribution is 2.38. The molecule has 21 heavy (non-hydrogen) atoms. The van der Waals surface area contributed by atoms with Crippen molar-refractivity contribution in [1.29, 1.82) is 0 Å². The second kappa shape index (κ2) is 5.78. The molecule has 1 aromatic heterocycles. The van der Waals surface area contributed by atoms with Crippen LogP contribution < -0.4 is 5.32 Å². The summed E-state index contributed by atoms with van der Waals surface area (Å²) in [6.07, 6.45) is 5.40. The molecule has 1 saturated carbocycles. The molecule has 2 fully saturated rings. The lowest BCUT2D eigenvalue weighted by Gasteiger charge is -2.30. The maximum absolute atomic E-state index is 5.89. The van der Waals surface area contributed by atoms with Crippen LogP contribution in [0.25, 0.3) is 11.3 Å². The normalized spacial score (nSPS) is 25.7. The van der Waals surface area contributed by atoms with Crippen molar-refractivity contribution in [3.8, 4) is 11.3 Å². The molecule has 1 aromatic carbocycles. The van der Waals surface area contributed by atoms with E-state index in [-0.39, 0.29) is 0 Å². The van der Waals surface area contributed by atoms with E-state index in [2.05, 4.69) is 35.0 Å². The number of nitrogens with one attached hydrogen (secondary N) is 1. The summed E-state index contributed by atoms with van der Waals surface area (Å²) in [4.78, 5) is 4.73. The van der Waals surface area contributed by atoms with Crippen LogP contribution in [-0.4, -0.2) is 23.7 Å². The lowest BCUT2D eigenvalue weighted by Crippen LogP contribution is -2.35. The minimum Gasteiger partial charge on any atom is -0.378 e. The zero-order valence-corrected chi connectivity index (χ0v) is 12.8. The van der Waals surface area contributed by atoms with Gasteiger partial charge in [0.2, 0.25) is 0 Å². The van der Waals surface area contributed by atoms with Gasteiger partial charge in [0.25, 0.3) is 0 Å². The Morgan fingerprint density at radius 2 is 2.00 bits per heavy atom. The SMILES string of the molecule is c1ccc(-c2csc(NC3CCOC(C4CC4)C3)n2)cc1. The molecule has 3 nitrogen and oxygen atoms in total. The Morgan fingerprint density at radius 3 is 2.81 bits per heavy atom. The van der Waals surface area contributed by atoms with E-state index in [1.165, 1.54) is 18.4 Å². The summed E-state index contributed by atoms with van der Waals surface area (Å²) in [6, 6.07) is 10.9. The zero-order chi connectivity index (χ0) is 14.1. The maximum atomic E-state index is 5.89. The molecule has 1 saturated heterocycles. The number of thiazole rings is 1. The molecule has 2 aromatic rings. The molecule has 2 heterocycles. The zero-order valence-electron chi connectivity index (χ0n) is 12.0. The maximum Gasteiger partial charge on any atom is 0.183 e. The van der Waals surface area contributed by atoms with Crippen molar-refractivity contribution in [2.45, 2.75) is 37.8 Å². The van der Waals surface area contributed by atoms with Crippen molar-refractivity contribution < 1.29 is 4.74 Å². The van der Waals surface area contributed by atoms with Crippen LogP contribution in [0.3, 0.4) is 0 Å². The predicted molar refractivity (Wildman–Crippen MR) is 86.7 cm³/mol. The predicted octanol–water partition coefficient (Wildman–Crippen LogP) is 4.18. The molecule has 0 amide bonds. The molecule has 2 aliphatic rings. The first-order valence-electron chi connectivity index (χ1n) is 7.77. The van der Waals surface area contributed by atoms with E-state index in [4.69, 9.17) is 9.72 Å². The Hall–Kier alpha value is -1.39. The van der Waals surface area contributed by atoms with Crippen LogP contribution in [0.15, 0.2) is 35.7 Å². The summed E-state index contributed by atoms with van der Waals surface area (Å²) in [7, 11) is 0. The number of aromatic nitrogens is 1. The molecule has 2 unspecified atom stereocenters. The van der Waals surface area contributed by atoms with Crippen LogP contribution in [0.2, 0.25) is 0 Å². The van der Waals surface area contributed by atoms with Crippen LogP contribution in [0.5, 0.6) is 0 Å².